The van der Waals surface area contributed by atoms with E-state index in [0.717, 1.165) is 30.6 Å². The molecule has 0 spiro atoms. The first-order valence-corrected chi connectivity index (χ1v) is 9.16. The maximum atomic E-state index is 12.4. The lowest BCUT2D eigenvalue weighted by molar-refractivity contribution is -0.121. The molecule has 1 aliphatic rings. The first-order valence-electron chi connectivity index (χ1n) is 8.28. The number of aliphatic hydroxyl groups excluding tert-OH is 1. The summed E-state index contributed by atoms with van der Waals surface area (Å²) in [5, 5.41) is 15.2. The number of aliphatic hydroxyl groups is 1. The van der Waals surface area contributed by atoms with E-state index in [2.05, 4.69) is 29.4 Å². The van der Waals surface area contributed by atoms with Crippen LogP contribution >= 0.6 is 11.3 Å². The van der Waals surface area contributed by atoms with Gasteiger partial charge in [-0.1, -0.05) is 29.8 Å². The number of likely N-dealkylation sites (tertiary alicyclic amines) is 1. The Balaban J connectivity index is 1.63. The summed E-state index contributed by atoms with van der Waals surface area (Å²) in [5.41, 5.74) is 3.13. The topological polar surface area (TPSA) is 65.5 Å². The molecular formula is C18H23N3O2S. The van der Waals surface area contributed by atoms with E-state index >= 15 is 0 Å². The number of aryl methyl sites for hydroxylation is 1. The molecule has 1 saturated heterocycles. The van der Waals surface area contributed by atoms with Gasteiger partial charge in [0.25, 0.3) is 0 Å². The van der Waals surface area contributed by atoms with Crippen molar-refractivity contribution in [1.29, 1.82) is 0 Å². The Morgan fingerprint density at radius 3 is 2.88 bits per heavy atom. The third-order valence-electron chi connectivity index (χ3n) is 4.44. The van der Waals surface area contributed by atoms with Gasteiger partial charge in [0.2, 0.25) is 5.91 Å². The zero-order valence-electron chi connectivity index (χ0n) is 14.0. The summed E-state index contributed by atoms with van der Waals surface area (Å²) in [6, 6.07) is 7.90. The number of hydrogen-bond donors (Lipinski definition) is 2. The van der Waals surface area contributed by atoms with Crippen molar-refractivity contribution in [2.24, 2.45) is 0 Å². The van der Waals surface area contributed by atoms with Crippen LogP contribution < -0.4 is 5.32 Å². The van der Waals surface area contributed by atoms with E-state index in [-0.39, 0.29) is 18.1 Å². The minimum Gasteiger partial charge on any atom is -0.392 e. The number of nitrogens with one attached hydrogen (secondary N) is 1. The second-order valence-electron chi connectivity index (χ2n) is 6.36. The molecule has 0 saturated carbocycles. The third kappa shape index (κ3) is 4.01. The van der Waals surface area contributed by atoms with E-state index < -0.39 is 0 Å². The van der Waals surface area contributed by atoms with Crippen molar-refractivity contribution in [3.05, 3.63) is 35.2 Å². The first-order chi connectivity index (χ1) is 11.5. The molecule has 1 aliphatic heterocycles. The van der Waals surface area contributed by atoms with Gasteiger partial charge in [-0.05, 0) is 33.2 Å². The highest BCUT2D eigenvalue weighted by atomic mass is 32.1. The molecule has 1 aromatic carbocycles. The maximum absolute atomic E-state index is 12.4. The van der Waals surface area contributed by atoms with Gasteiger partial charge in [-0.2, -0.15) is 0 Å². The van der Waals surface area contributed by atoms with Crippen LogP contribution in [0.5, 0.6) is 0 Å². The van der Waals surface area contributed by atoms with Crippen LogP contribution in [0.2, 0.25) is 0 Å². The summed E-state index contributed by atoms with van der Waals surface area (Å²) in [4.78, 5) is 19.0. The number of anilines is 1. The lowest BCUT2D eigenvalue weighted by Gasteiger charge is -2.33. The van der Waals surface area contributed by atoms with E-state index in [1.807, 2.05) is 29.3 Å². The van der Waals surface area contributed by atoms with Crippen molar-refractivity contribution < 1.29 is 9.90 Å². The van der Waals surface area contributed by atoms with Crippen molar-refractivity contribution in [2.75, 3.05) is 18.4 Å². The standard InChI is InChI=1S/C18H23N3O2S/c1-12-5-7-14(8-6-12)16-11-24-18(19-16)20-17(23)13(2)21-9-3-4-15(22)10-21/h5-8,11,13,15,22H,3-4,9-10H2,1-2H3,(H,19,20,23). The van der Waals surface area contributed by atoms with E-state index in [1.165, 1.54) is 16.9 Å². The Kier molecular flexibility index (Phi) is 5.28. The zero-order valence-corrected chi connectivity index (χ0v) is 14.8. The Labute approximate surface area is 146 Å². The number of rotatable bonds is 4. The number of carbonyl (C=O) groups excluding carboxylic acids is 1. The van der Waals surface area contributed by atoms with Gasteiger partial charge in [0, 0.05) is 17.5 Å². The molecule has 0 bridgehead atoms. The Morgan fingerprint density at radius 2 is 2.17 bits per heavy atom. The number of piperidine rings is 1. The number of hydrogen-bond acceptors (Lipinski definition) is 5. The number of thiazole rings is 1. The lowest BCUT2D eigenvalue weighted by Crippen LogP contribution is -2.48. The summed E-state index contributed by atoms with van der Waals surface area (Å²) in [7, 11) is 0. The smallest absolute Gasteiger partial charge is 0.243 e. The van der Waals surface area contributed by atoms with Crippen LogP contribution in [0.1, 0.15) is 25.3 Å². The molecule has 2 N–H and O–H groups in total. The fourth-order valence-electron chi connectivity index (χ4n) is 2.90. The molecule has 1 fully saturated rings. The van der Waals surface area contributed by atoms with Gasteiger partial charge in [-0.3, -0.25) is 9.69 Å². The molecule has 128 valence electrons. The molecule has 3 rings (SSSR count). The Hall–Kier alpha value is -1.76. The van der Waals surface area contributed by atoms with Gasteiger partial charge >= 0.3 is 0 Å². The summed E-state index contributed by atoms with van der Waals surface area (Å²) in [6.45, 7) is 5.33. The van der Waals surface area contributed by atoms with Gasteiger partial charge < -0.3 is 10.4 Å². The van der Waals surface area contributed by atoms with Crippen LogP contribution in [0.15, 0.2) is 29.6 Å². The normalized spacial score (nSPS) is 19.9. The number of benzene rings is 1. The monoisotopic (exact) mass is 345 g/mol. The van der Waals surface area contributed by atoms with Crippen molar-refractivity contribution in [3.63, 3.8) is 0 Å². The fourth-order valence-corrected chi connectivity index (χ4v) is 3.62. The van der Waals surface area contributed by atoms with E-state index in [1.54, 1.807) is 0 Å². The molecule has 2 atom stereocenters. The molecule has 6 heteroatoms. The van der Waals surface area contributed by atoms with Crippen LogP contribution in [0.4, 0.5) is 5.13 Å². The molecule has 0 radical (unpaired) electrons. The minimum absolute atomic E-state index is 0.0751. The number of carbonyl (C=O) groups is 1. The molecule has 2 heterocycles. The van der Waals surface area contributed by atoms with E-state index in [0.29, 0.717) is 11.7 Å². The van der Waals surface area contributed by atoms with Crippen molar-refractivity contribution in [1.82, 2.24) is 9.88 Å². The summed E-state index contributed by atoms with van der Waals surface area (Å²) in [5.74, 6) is -0.0751. The van der Waals surface area contributed by atoms with Crippen LogP contribution in [0, 0.1) is 6.92 Å². The second kappa shape index (κ2) is 7.42. The van der Waals surface area contributed by atoms with Gasteiger partial charge in [-0.25, -0.2) is 4.98 Å². The number of aromatic nitrogens is 1. The van der Waals surface area contributed by atoms with E-state index in [9.17, 15) is 9.90 Å². The van der Waals surface area contributed by atoms with Crippen LogP contribution in [0.25, 0.3) is 11.3 Å². The second-order valence-corrected chi connectivity index (χ2v) is 7.22. The first kappa shape index (κ1) is 17.1. The Bertz CT molecular complexity index is 699. The highest BCUT2D eigenvalue weighted by molar-refractivity contribution is 7.14. The molecule has 5 nitrogen and oxygen atoms in total. The van der Waals surface area contributed by atoms with Gasteiger partial charge in [-0.15, -0.1) is 11.3 Å². The zero-order chi connectivity index (χ0) is 17.1. The van der Waals surface area contributed by atoms with E-state index in [4.69, 9.17) is 0 Å². The maximum Gasteiger partial charge on any atom is 0.243 e. The third-order valence-corrected chi connectivity index (χ3v) is 5.19. The van der Waals surface area contributed by atoms with Crippen molar-refractivity contribution >= 4 is 22.4 Å². The van der Waals surface area contributed by atoms with Crippen LogP contribution in [-0.2, 0) is 4.79 Å². The highest BCUT2D eigenvalue weighted by Crippen LogP contribution is 2.25. The SMILES string of the molecule is Cc1ccc(-c2csc(NC(=O)C(C)N3CCCC(O)C3)n2)cc1. The number of amides is 1. The Morgan fingerprint density at radius 1 is 1.42 bits per heavy atom. The molecular weight excluding hydrogens is 322 g/mol. The van der Waals surface area contributed by atoms with Gasteiger partial charge in [0.15, 0.2) is 5.13 Å². The summed E-state index contributed by atoms with van der Waals surface area (Å²) in [6.07, 6.45) is 1.41. The quantitative estimate of drug-likeness (QED) is 0.894. The van der Waals surface area contributed by atoms with Crippen LogP contribution in [-0.4, -0.2) is 46.1 Å². The molecule has 24 heavy (non-hydrogen) atoms. The molecule has 1 amide bonds. The largest absolute Gasteiger partial charge is 0.392 e. The predicted octanol–water partition coefficient (Wildman–Crippen LogP) is 2.90. The molecule has 0 aliphatic carbocycles. The average Bonchev–Trinajstić information content (AvgIpc) is 3.03. The van der Waals surface area contributed by atoms with Crippen LogP contribution in [0.3, 0.4) is 0 Å². The molecule has 1 aromatic heterocycles. The van der Waals surface area contributed by atoms with Crippen molar-refractivity contribution in [3.8, 4) is 11.3 Å². The summed E-state index contributed by atoms with van der Waals surface area (Å²) < 4.78 is 0. The predicted molar refractivity (Wildman–Crippen MR) is 97.2 cm³/mol. The average molecular weight is 345 g/mol. The van der Waals surface area contributed by atoms with Gasteiger partial charge in [0.1, 0.15) is 0 Å². The highest BCUT2D eigenvalue weighted by Gasteiger charge is 2.26. The number of β-amino-alcohol motifs (C(OH)–C–C–N with tert-alkyl or cyclic N) is 1. The molecule has 2 aromatic rings. The lowest BCUT2D eigenvalue weighted by atomic mass is 10.1. The summed E-state index contributed by atoms with van der Waals surface area (Å²) >= 11 is 1.43. The van der Waals surface area contributed by atoms with Crippen molar-refractivity contribution in [2.45, 2.75) is 38.8 Å². The fraction of sp³-hybridized carbons (Fsp3) is 0.444. The molecule has 2 unspecified atom stereocenters. The number of nitrogens with zero attached hydrogens (tertiary/aromatic N) is 2. The van der Waals surface area contributed by atoms with Gasteiger partial charge in [0.05, 0.1) is 17.8 Å². The minimum atomic E-state index is -0.331.